The molecule has 0 bridgehead atoms. The summed E-state index contributed by atoms with van der Waals surface area (Å²) in [4.78, 5) is 22.9. The molecule has 0 radical (unpaired) electrons. The van der Waals surface area contributed by atoms with E-state index < -0.39 is 17.8 Å². The molecule has 0 aliphatic heterocycles. The van der Waals surface area contributed by atoms with Crippen LogP contribution in [-0.4, -0.2) is 17.0 Å². The quantitative estimate of drug-likeness (QED) is 0.858. The molecule has 0 aromatic heterocycles. The smallest absolute Gasteiger partial charge is 0.307 e. The minimum absolute atomic E-state index is 0.128. The van der Waals surface area contributed by atoms with E-state index in [0.717, 1.165) is 11.1 Å². The summed E-state index contributed by atoms with van der Waals surface area (Å²) in [6.45, 7) is 7.07. The first-order valence-corrected chi connectivity index (χ1v) is 6.43. The van der Waals surface area contributed by atoms with Gasteiger partial charge in [0.05, 0.1) is 12.0 Å². The summed E-state index contributed by atoms with van der Waals surface area (Å²) in [5.74, 6) is -2.43. The second kappa shape index (κ2) is 6.36. The maximum Gasteiger partial charge on any atom is 0.307 e. The minimum atomic E-state index is -0.953. The Bertz CT molecular complexity index is 470. The van der Waals surface area contributed by atoms with E-state index in [9.17, 15) is 9.59 Å². The number of benzene rings is 1. The zero-order valence-electron chi connectivity index (χ0n) is 11.8. The monoisotopic (exact) mass is 263 g/mol. The van der Waals surface area contributed by atoms with Crippen LogP contribution in [0.25, 0.3) is 0 Å². The first kappa shape index (κ1) is 15.2. The van der Waals surface area contributed by atoms with Gasteiger partial charge in [0.1, 0.15) is 0 Å². The summed E-state index contributed by atoms with van der Waals surface area (Å²) in [6.07, 6.45) is 0. The number of aliphatic carboxylic acids is 1. The number of aryl methyl sites for hydroxylation is 1. The fraction of sp³-hybridized carbons (Fsp3) is 0.467. The Kier molecular flexibility index (Phi) is 5.10. The Morgan fingerprint density at radius 3 is 2.21 bits per heavy atom. The fourth-order valence-electron chi connectivity index (χ4n) is 1.94. The SMILES string of the molecule is Cc1ccccc1[C@H](C)NC(=O)C(C)C(C)C(=O)O. The number of hydrogen-bond acceptors (Lipinski definition) is 2. The van der Waals surface area contributed by atoms with Crippen molar-refractivity contribution in [3.8, 4) is 0 Å². The molecular weight excluding hydrogens is 242 g/mol. The van der Waals surface area contributed by atoms with E-state index in [1.165, 1.54) is 0 Å². The lowest BCUT2D eigenvalue weighted by Gasteiger charge is -2.21. The molecule has 0 fully saturated rings. The van der Waals surface area contributed by atoms with Crippen molar-refractivity contribution in [2.75, 3.05) is 0 Å². The predicted molar refractivity (Wildman–Crippen MR) is 73.7 cm³/mol. The van der Waals surface area contributed by atoms with Gasteiger partial charge in [0.2, 0.25) is 5.91 Å². The molecule has 104 valence electrons. The average molecular weight is 263 g/mol. The summed E-state index contributed by atoms with van der Waals surface area (Å²) in [5.41, 5.74) is 2.15. The molecular formula is C15H21NO3. The summed E-state index contributed by atoms with van der Waals surface area (Å²) in [7, 11) is 0. The highest BCUT2D eigenvalue weighted by molar-refractivity contribution is 5.84. The molecule has 1 amide bonds. The van der Waals surface area contributed by atoms with Gasteiger partial charge in [-0.15, -0.1) is 0 Å². The molecule has 0 heterocycles. The van der Waals surface area contributed by atoms with Crippen LogP contribution < -0.4 is 5.32 Å². The van der Waals surface area contributed by atoms with Crippen LogP contribution in [0.1, 0.15) is 37.9 Å². The van der Waals surface area contributed by atoms with Crippen molar-refractivity contribution in [3.63, 3.8) is 0 Å². The third-order valence-corrected chi connectivity index (χ3v) is 3.57. The Labute approximate surface area is 113 Å². The van der Waals surface area contributed by atoms with Crippen molar-refractivity contribution in [3.05, 3.63) is 35.4 Å². The Balaban J connectivity index is 2.72. The molecule has 3 atom stereocenters. The summed E-state index contributed by atoms with van der Waals surface area (Å²) in [6, 6.07) is 7.70. The topological polar surface area (TPSA) is 66.4 Å². The van der Waals surface area contributed by atoms with Crippen molar-refractivity contribution in [1.29, 1.82) is 0 Å². The van der Waals surface area contributed by atoms with Gasteiger partial charge >= 0.3 is 5.97 Å². The average Bonchev–Trinajstić information content (AvgIpc) is 2.37. The van der Waals surface area contributed by atoms with Crippen molar-refractivity contribution >= 4 is 11.9 Å². The summed E-state index contributed by atoms with van der Waals surface area (Å²) < 4.78 is 0. The fourth-order valence-corrected chi connectivity index (χ4v) is 1.94. The lowest BCUT2D eigenvalue weighted by molar-refractivity contribution is -0.146. The maximum absolute atomic E-state index is 12.0. The van der Waals surface area contributed by atoms with E-state index in [4.69, 9.17) is 5.11 Å². The van der Waals surface area contributed by atoms with Crippen LogP contribution in [0.3, 0.4) is 0 Å². The zero-order valence-corrected chi connectivity index (χ0v) is 11.8. The molecule has 1 aromatic carbocycles. The van der Waals surface area contributed by atoms with Gasteiger partial charge in [0.15, 0.2) is 0 Å². The maximum atomic E-state index is 12.0. The third kappa shape index (κ3) is 3.81. The number of carboxylic acids is 1. The van der Waals surface area contributed by atoms with E-state index >= 15 is 0 Å². The highest BCUT2D eigenvalue weighted by Crippen LogP contribution is 2.18. The standard InChI is InChI=1S/C15H21NO3/c1-9-7-5-6-8-13(9)12(4)16-14(17)10(2)11(3)15(18)19/h5-8,10-12H,1-4H3,(H,16,17)(H,18,19)/t10?,11?,12-/m0/s1. The first-order valence-electron chi connectivity index (χ1n) is 6.43. The molecule has 0 saturated heterocycles. The number of carbonyl (C=O) groups is 2. The molecule has 19 heavy (non-hydrogen) atoms. The van der Waals surface area contributed by atoms with Crippen molar-refractivity contribution in [2.24, 2.45) is 11.8 Å². The van der Waals surface area contributed by atoms with Gasteiger partial charge in [-0.25, -0.2) is 0 Å². The van der Waals surface area contributed by atoms with Gasteiger partial charge in [-0.05, 0) is 25.0 Å². The number of rotatable bonds is 5. The number of amides is 1. The van der Waals surface area contributed by atoms with Crippen LogP contribution in [0.15, 0.2) is 24.3 Å². The highest BCUT2D eigenvalue weighted by Gasteiger charge is 2.26. The van der Waals surface area contributed by atoms with E-state index in [1.54, 1.807) is 13.8 Å². The molecule has 0 spiro atoms. The van der Waals surface area contributed by atoms with E-state index in [1.807, 2.05) is 38.1 Å². The molecule has 0 aliphatic carbocycles. The molecule has 1 rings (SSSR count). The first-order chi connectivity index (χ1) is 8.84. The predicted octanol–water partition coefficient (Wildman–Crippen LogP) is 2.53. The zero-order chi connectivity index (χ0) is 14.6. The lowest BCUT2D eigenvalue weighted by atomic mass is 9.94. The van der Waals surface area contributed by atoms with Gasteiger partial charge in [-0.1, -0.05) is 38.1 Å². The number of nitrogens with one attached hydrogen (secondary N) is 1. The second-order valence-electron chi connectivity index (χ2n) is 5.00. The molecule has 0 aliphatic rings. The van der Waals surface area contributed by atoms with Crippen molar-refractivity contribution in [1.82, 2.24) is 5.32 Å². The Hall–Kier alpha value is -1.84. The molecule has 2 N–H and O–H groups in total. The van der Waals surface area contributed by atoms with Crippen LogP contribution >= 0.6 is 0 Å². The number of carbonyl (C=O) groups excluding carboxylic acids is 1. The van der Waals surface area contributed by atoms with Crippen LogP contribution in [0, 0.1) is 18.8 Å². The van der Waals surface area contributed by atoms with Crippen molar-refractivity contribution in [2.45, 2.75) is 33.7 Å². The molecule has 4 heteroatoms. The van der Waals surface area contributed by atoms with Gasteiger partial charge in [-0.2, -0.15) is 0 Å². The van der Waals surface area contributed by atoms with Crippen LogP contribution in [0.2, 0.25) is 0 Å². The van der Waals surface area contributed by atoms with Gasteiger partial charge < -0.3 is 10.4 Å². The van der Waals surface area contributed by atoms with E-state index in [2.05, 4.69) is 5.32 Å². The Morgan fingerprint density at radius 1 is 1.11 bits per heavy atom. The van der Waals surface area contributed by atoms with Crippen molar-refractivity contribution < 1.29 is 14.7 Å². The minimum Gasteiger partial charge on any atom is -0.481 e. The number of hydrogen-bond donors (Lipinski definition) is 2. The van der Waals surface area contributed by atoms with E-state index in [0.29, 0.717) is 0 Å². The molecule has 2 unspecified atom stereocenters. The molecule has 0 saturated carbocycles. The highest BCUT2D eigenvalue weighted by atomic mass is 16.4. The van der Waals surface area contributed by atoms with Crippen LogP contribution in [0.4, 0.5) is 0 Å². The molecule has 4 nitrogen and oxygen atoms in total. The van der Waals surface area contributed by atoms with Gasteiger partial charge in [0.25, 0.3) is 0 Å². The third-order valence-electron chi connectivity index (χ3n) is 3.57. The number of carboxylic acid groups (broad SMARTS) is 1. The lowest BCUT2D eigenvalue weighted by Crippen LogP contribution is -2.36. The van der Waals surface area contributed by atoms with E-state index in [-0.39, 0.29) is 11.9 Å². The molecule has 1 aromatic rings. The van der Waals surface area contributed by atoms with Gasteiger partial charge in [-0.3, -0.25) is 9.59 Å². The van der Waals surface area contributed by atoms with Gasteiger partial charge in [0, 0.05) is 5.92 Å². The second-order valence-corrected chi connectivity index (χ2v) is 5.00. The summed E-state index contributed by atoms with van der Waals surface area (Å²) >= 11 is 0. The summed E-state index contributed by atoms with van der Waals surface area (Å²) in [5, 5.41) is 11.8. The normalized spacial score (nSPS) is 15.4. The van der Waals surface area contributed by atoms with Crippen LogP contribution in [-0.2, 0) is 9.59 Å². The largest absolute Gasteiger partial charge is 0.481 e. The Morgan fingerprint density at radius 2 is 1.68 bits per heavy atom. The van der Waals surface area contributed by atoms with Crippen LogP contribution in [0.5, 0.6) is 0 Å².